The maximum Gasteiger partial charge on any atom is 0.344 e. The molecule has 0 amide bonds. The first-order valence-corrected chi connectivity index (χ1v) is 9.52. The van der Waals surface area contributed by atoms with Gasteiger partial charge in [0.15, 0.2) is 0 Å². The van der Waals surface area contributed by atoms with Crippen LogP contribution >= 0.6 is 0 Å². The zero-order valence-electron chi connectivity index (χ0n) is 16.2. The van der Waals surface area contributed by atoms with Crippen LogP contribution in [0.4, 0.5) is 0 Å². The van der Waals surface area contributed by atoms with Gasteiger partial charge in [0.25, 0.3) is 5.56 Å². The van der Waals surface area contributed by atoms with Crippen LogP contribution in [0.2, 0.25) is 0 Å². The first-order chi connectivity index (χ1) is 14.0. The van der Waals surface area contributed by atoms with Crippen LogP contribution in [0.3, 0.4) is 0 Å². The van der Waals surface area contributed by atoms with Crippen molar-refractivity contribution in [3.8, 4) is 11.4 Å². The molecule has 2 aromatic heterocycles. The molecule has 0 aliphatic carbocycles. The van der Waals surface area contributed by atoms with E-state index in [1.165, 1.54) is 4.57 Å². The highest BCUT2D eigenvalue weighted by Gasteiger charge is 2.29. The Bertz CT molecular complexity index is 1200. The number of esters is 2. The Morgan fingerprint density at radius 3 is 2.62 bits per heavy atom. The highest BCUT2D eigenvalue weighted by atomic mass is 16.5. The van der Waals surface area contributed by atoms with Gasteiger partial charge in [-0.3, -0.25) is 9.59 Å². The summed E-state index contributed by atoms with van der Waals surface area (Å²) in [4.78, 5) is 42.5. The van der Waals surface area contributed by atoms with Crippen molar-refractivity contribution in [1.82, 2.24) is 9.55 Å². The fraction of sp³-hybridized carbons (Fsp3) is 0.273. The minimum absolute atomic E-state index is 0.124. The van der Waals surface area contributed by atoms with Crippen LogP contribution in [0.15, 0.2) is 41.2 Å². The standard InChI is InChI=1S/C22H20N2O5/c1-3-28-18(25)11-14-10-17-20-15(9-13-7-5-6-8-16(13)23-20)12-24(17)21(26)19(14)22(27)29-4-2/h5-10H,3-4,11-12H2,1-2H3. The van der Waals surface area contributed by atoms with Gasteiger partial charge in [-0.25, -0.2) is 9.78 Å². The predicted molar refractivity (Wildman–Crippen MR) is 107 cm³/mol. The minimum Gasteiger partial charge on any atom is -0.466 e. The number of ether oxygens (including phenoxy) is 2. The molecule has 7 heteroatoms. The number of nitrogens with zero attached hydrogens (tertiary/aromatic N) is 2. The fourth-order valence-corrected chi connectivity index (χ4v) is 3.65. The van der Waals surface area contributed by atoms with E-state index >= 15 is 0 Å². The monoisotopic (exact) mass is 392 g/mol. The summed E-state index contributed by atoms with van der Waals surface area (Å²) in [6.07, 6.45) is -0.187. The molecule has 1 aromatic carbocycles. The third-order valence-electron chi connectivity index (χ3n) is 4.88. The summed E-state index contributed by atoms with van der Waals surface area (Å²) >= 11 is 0. The Balaban J connectivity index is 1.90. The third kappa shape index (κ3) is 3.29. The molecule has 1 aliphatic heterocycles. The van der Waals surface area contributed by atoms with Crippen LogP contribution in [-0.2, 0) is 27.2 Å². The summed E-state index contributed by atoms with van der Waals surface area (Å²) in [6, 6.07) is 11.4. The van der Waals surface area contributed by atoms with E-state index in [1.807, 2.05) is 30.3 Å². The molecule has 3 aromatic rings. The largest absolute Gasteiger partial charge is 0.466 e. The number of rotatable bonds is 5. The third-order valence-corrected chi connectivity index (χ3v) is 4.88. The lowest BCUT2D eigenvalue weighted by Gasteiger charge is -2.12. The fourth-order valence-electron chi connectivity index (χ4n) is 3.65. The second-order valence-electron chi connectivity index (χ2n) is 6.71. The van der Waals surface area contributed by atoms with Crippen molar-refractivity contribution in [2.24, 2.45) is 0 Å². The van der Waals surface area contributed by atoms with Crippen molar-refractivity contribution in [3.05, 3.63) is 63.4 Å². The summed E-state index contributed by atoms with van der Waals surface area (Å²) in [6.45, 7) is 4.03. The highest BCUT2D eigenvalue weighted by Crippen LogP contribution is 2.32. The Morgan fingerprint density at radius 1 is 1.10 bits per heavy atom. The number of hydrogen-bond acceptors (Lipinski definition) is 6. The average Bonchev–Trinajstić information content (AvgIpc) is 3.04. The van der Waals surface area contributed by atoms with Gasteiger partial charge in [-0.2, -0.15) is 0 Å². The van der Waals surface area contributed by atoms with Gasteiger partial charge in [0, 0.05) is 10.9 Å². The van der Waals surface area contributed by atoms with E-state index in [4.69, 9.17) is 14.5 Å². The molecule has 0 saturated carbocycles. The number of aromatic nitrogens is 2. The van der Waals surface area contributed by atoms with E-state index in [0.29, 0.717) is 23.5 Å². The number of para-hydroxylation sites is 1. The molecule has 0 radical (unpaired) electrons. The molecular weight excluding hydrogens is 372 g/mol. The van der Waals surface area contributed by atoms with Crippen molar-refractivity contribution >= 4 is 22.8 Å². The highest BCUT2D eigenvalue weighted by molar-refractivity contribution is 5.93. The van der Waals surface area contributed by atoms with Gasteiger partial charge in [-0.1, -0.05) is 18.2 Å². The summed E-state index contributed by atoms with van der Waals surface area (Å²) in [7, 11) is 0. The van der Waals surface area contributed by atoms with Crippen LogP contribution in [0.25, 0.3) is 22.3 Å². The summed E-state index contributed by atoms with van der Waals surface area (Å²) in [5, 5.41) is 0.976. The lowest BCUT2D eigenvalue weighted by Crippen LogP contribution is -2.29. The molecule has 0 atom stereocenters. The molecule has 7 nitrogen and oxygen atoms in total. The van der Waals surface area contributed by atoms with Crippen molar-refractivity contribution in [2.45, 2.75) is 26.8 Å². The number of benzene rings is 1. The van der Waals surface area contributed by atoms with Gasteiger partial charge < -0.3 is 14.0 Å². The summed E-state index contributed by atoms with van der Waals surface area (Å²) < 4.78 is 11.6. The Hall–Kier alpha value is -3.48. The Morgan fingerprint density at radius 2 is 1.86 bits per heavy atom. The van der Waals surface area contributed by atoms with Crippen LogP contribution in [0.5, 0.6) is 0 Å². The van der Waals surface area contributed by atoms with E-state index in [9.17, 15) is 14.4 Å². The second kappa shape index (κ2) is 7.50. The maximum atomic E-state index is 13.2. The molecule has 0 fully saturated rings. The van der Waals surface area contributed by atoms with Crippen LogP contribution in [-0.4, -0.2) is 34.7 Å². The van der Waals surface area contributed by atoms with E-state index in [2.05, 4.69) is 0 Å². The van der Waals surface area contributed by atoms with Crippen molar-refractivity contribution in [3.63, 3.8) is 0 Å². The molecule has 0 unspecified atom stereocenters. The van der Waals surface area contributed by atoms with Gasteiger partial charge in [-0.05, 0) is 37.6 Å². The summed E-state index contributed by atoms with van der Waals surface area (Å²) in [5.41, 5.74) is 2.66. The zero-order chi connectivity index (χ0) is 20.5. The van der Waals surface area contributed by atoms with E-state index in [-0.39, 0.29) is 25.2 Å². The van der Waals surface area contributed by atoms with Gasteiger partial charge in [-0.15, -0.1) is 0 Å². The topological polar surface area (TPSA) is 87.5 Å². The van der Waals surface area contributed by atoms with Gasteiger partial charge in [0.2, 0.25) is 0 Å². The number of hydrogen-bond donors (Lipinski definition) is 0. The number of fused-ring (bicyclic) bond motifs is 4. The SMILES string of the molecule is CCOC(=O)Cc1cc2n(c(=O)c1C(=O)OCC)Cc1cc3ccccc3nc1-2. The quantitative estimate of drug-likeness (QED) is 0.485. The van der Waals surface area contributed by atoms with E-state index < -0.39 is 17.5 Å². The first-order valence-electron chi connectivity index (χ1n) is 9.52. The van der Waals surface area contributed by atoms with Gasteiger partial charge >= 0.3 is 11.9 Å². The molecule has 1 aliphatic rings. The van der Waals surface area contributed by atoms with Crippen molar-refractivity contribution in [1.29, 1.82) is 0 Å². The van der Waals surface area contributed by atoms with Crippen molar-refractivity contribution in [2.75, 3.05) is 13.2 Å². The van der Waals surface area contributed by atoms with Crippen LogP contribution in [0.1, 0.15) is 35.3 Å². The molecule has 148 valence electrons. The van der Waals surface area contributed by atoms with Gasteiger partial charge in [0.1, 0.15) is 5.56 Å². The smallest absolute Gasteiger partial charge is 0.344 e. The minimum atomic E-state index is -0.735. The molecule has 0 N–H and O–H groups in total. The van der Waals surface area contributed by atoms with Gasteiger partial charge in [0.05, 0.1) is 43.1 Å². The second-order valence-corrected chi connectivity index (χ2v) is 6.71. The van der Waals surface area contributed by atoms with E-state index in [1.54, 1.807) is 19.9 Å². The predicted octanol–water partition coefficient (Wildman–Crippen LogP) is 2.71. The average molecular weight is 392 g/mol. The number of pyridine rings is 2. The number of carbonyl (C=O) groups is 2. The molecular formula is C22H20N2O5. The van der Waals surface area contributed by atoms with Crippen LogP contribution < -0.4 is 5.56 Å². The summed E-state index contributed by atoms with van der Waals surface area (Å²) in [5.74, 6) is -1.24. The number of carbonyl (C=O) groups excluding carboxylic acids is 2. The normalized spacial score (nSPS) is 11.8. The zero-order valence-corrected chi connectivity index (χ0v) is 16.2. The lowest BCUT2D eigenvalue weighted by molar-refractivity contribution is -0.142. The molecule has 0 spiro atoms. The molecule has 0 saturated heterocycles. The Kier molecular flexibility index (Phi) is 4.88. The molecule has 3 heterocycles. The van der Waals surface area contributed by atoms with E-state index in [0.717, 1.165) is 16.5 Å². The molecule has 0 bridgehead atoms. The Labute approximate surface area is 166 Å². The van der Waals surface area contributed by atoms with Crippen LogP contribution in [0, 0.1) is 0 Å². The lowest BCUT2D eigenvalue weighted by atomic mass is 10.0. The van der Waals surface area contributed by atoms with Crippen molar-refractivity contribution < 1.29 is 19.1 Å². The molecule has 4 rings (SSSR count). The maximum absolute atomic E-state index is 13.2. The molecule has 29 heavy (non-hydrogen) atoms. The first kappa shape index (κ1) is 18.9.